The van der Waals surface area contributed by atoms with Crippen molar-refractivity contribution in [3.8, 4) is 0 Å². The zero-order valence-corrected chi connectivity index (χ0v) is 6.48. The van der Waals surface area contributed by atoms with Crippen LogP contribution in [0.5, 0.6) is 0 Å². The van der Waals surface area contributed by atoms with E-state index in [0.717, 1.165) is 0 Å². The van der Waals surface area contributed by atoms with Crippen LogP contribution in [-0.4, -0.2) is 0 Å². The van der Waals surface area contributed by atoms with Gasteiger partial charge in [-0.1, -0.05) is 35.9 Å². The number of aryl methyl sites for hydroxylation is 1. The molecule has 1 heteroatoms. The number of benzene rings is 1. The van der Waals surface area contributed by atoms with Gasteiger partial charge in [0, 0.05) is 0 Å². The predicted molar refractivity (Wildman–Crippen MR) is 33.4 cm³/mol. The van der Waals surface area contributed by atoms with Gasteiger partial charge in [0.25, 0.3) is 0 Å². The Bertz CT molecular complexity index is 142. The van der Waals surface area contributed by atoms with E-state index in [1.807, 2.05) is 18.2 Å². The zero-order valence-electron chi connectivity index (χ0n) is 6.74. The third-order valence-corrected chi connectivity index (χ3v) is 0.940. The average Bonchev–Trinajstić information content (AvgIpc) is 1.69. The van der Waals surface area contributed by atoms with Gasteiger partial charge in [-0.2, -0.15) is 0 Å². The minimum Gasteiger partial charge on any atom is -1.00 e. The first kappa shape index (κ1) is 7.84. The quantitative estimate of drug-likeness (QED) is 0.557. The van der Waals surface area contributed by atoms with E-state index in [2.05, 4.69) is 19.1 Å². The first-order valence-corrected chi connectivity index (χ1v) is 2.41. The summed E-state index contributed by atoms with van der Waals surface area (Å²) in [7, 11) is 0. The van der Waals surface area contributed by atoms with Gasteiger partial charge in [0.2, 0.25) is 0 Å². The van der Waals surface area contributed by atoms with Crippen LogP contribution in [0.2, 0.25) is 0 Å². The molecule has 0 saturated carbocycles. The fourth-order valence-corrected chi connectivity index (χ4v) is 0.534. The number of hydrogen-bond acceptors (Lipinski definition) is 0. The maximum absolute atomic E-state index is 2.08. The summed E-state index contributed by atoms with van der Waals surface area (Å²) in [6.45, 7) is 2.08. The van der Waals surface area contributed by atoms with Crippen molar-refractivity contribution in [1.29, 1.82) is 0 Å². The summed E-state index contributed by atoms with van der Waals surface area (Å²) in [4.78, 5) is 0. The average molecular weight is 195 g/mol. The molecule has 0 fully saturated rings. The molecule has 0 aliphatic carbocycles. The molecule has 0 amide bonds. The van der Waals surface area contributed by atoms with Gasteiger partial charge in [0.15, 0.2) is 0 Å². The van der Waals surface area contributed by atoms with Crippen LogP contribution in [-0.2, 0) is 19.5 Å². The van der Waals surface area contributed by atoms with E-state index in [9.17, 15) is 0 Å². The molecule has 0 bridgehead atoms. The molecular formula is C7H10Ru. The molecule has 0 aliphatic rings. The molecule has 1 aromatic carbocycles. The standard InChI is InChI=1S/C7H8.Ru.2H/c1-7-5-3-2-4-6-7;;;/h2-6H,1H3;;;/q;+2;2*-1. The molecule has 0 N–H and O–H groups in total. The predicted octanol–water partition coefficient (Wildman–Crippen LogP) is 2.22. The van der Waals surface area contributed by atoms with Crippen LogP contribution < -0.4 is 0 Å². The van der Waals surface area contributed by atoms with Crippen molar-refractivity contribution in [3.63, 3.8) is 0 Å². The summed E-state index contributed by atoms with van der Waals surface area (Å²) >= 11 is 0. The van der Waals surface area contributed by atoms with Gasteiger partial charge in [-0.05, 0) is 6.92 Å². The summed E-state index contributed by atoms with van der Waals surface area (Å²) < 4.78 is 0. The van der Waals surface area contributed by atoms with Crippen LogP contribution in [0.3, 0.4) is 0 Å². The van der Waals surface area contributed by atoms with Gasteiger partial charge in [-0.25, -0.2) is 0 Å². The van der Waals surface area contributed by atoms with Crippen LogP contribution in [0.1, 0.15) is 8.42 Å². The molecule has 1 aromatic rings. The van der Waals surface area contributed by atoms with Gasteiger partial charge < -0.3 is 2.85 Å². The normalized spacial score (nSPS) is 7.62. The molecule has 0 atom stereocenters. The van der Waals surface area contributed by atoms with Gasteiger partial charge in [-0.15, -0.1) is 0 Å². The van der Waals surface area contributed by atoms with Crippen molar-refractivity contribution < 1.29 is 22.3 Å². The Hall–Kier alpha value is -0.157. The molecule has 0 unspecified atom stereocenters. The molecule has 1 rings (SSSR count). The fraction of sp³-hybridized carbons (Fsp3) is 0.143. The zero-order chi connectivity index (χ0) is 5.11. The van der Waals surface area contributed by atoms with Crippen molar-refractivity contribution in [2.24, 2.45) is 0 Å². The minimum atomic E-state index is 0. The van der Waals surface area contributed by atoms with E-state index in [1.54, 1.807) is 0 Å². The smallest absolute Gasteiger partial charge is 1.00 e. The SMILES string of the molecule is Cc1ccccc1.[H-].[H-].[Ru+2]. The maximum atomic E-state index is 2.08. The molecule has 0 heterocycles. The Morgan fingerprint density at radius 2 is 1.62 bits per heavy atom. The molecular weight excluding hydrogens is 185 g/mol. The van der Waals surface area contributed by atoms with Gasteiger partial charge in [0.05, 0.1) is 0 Å². The Balaban J connectivity index is -0.000000163. The monoisotopic (exact) mass is 196 g/mol. The molecule has 46 valence electrons. The van der Waals surface area contributed by atoms with E-state index in [1.165, 1.54) is 5.56 Å². The van der Waals surface area contributed by atoms with Crippen LogP contribution in [0.25, 0.3) is 0 Å². The number of hydrogen-bond donors (Lipinski definition) is 0. The Kier molecular flexibility index (Phi) is 3.72. The second kappa shape index (κ2) is 3.80. The van der Waals surface area contributed by atoms with Gasteiger partial charge in [-0.3, -0.25) is 0 Å². The summed E-state index contributed by atoms with van der Waals surface area (Å²) in [6.07, 6.45) is 0. The topological polar surface area (TPSA) is 0 Å². The van der Waals surface area contributed by atoms with Crippen molar-refractivity contribution in [1.82, 2.24) is 0 Å². The third kappa shape index (κ3) is 2.23. The first-order valence-electron chi connectivity index (χ1n) is 2.41. The summed E-state index contributed by atoms with van der Waals surface area (Å²) in [5.41, 5.74) is 1.32. The second-order valence-corrected chi connectivity index (χ2v) is 1.65. The summed E-state index contributed by atoms with van der Waals surface area (Å²) in [5.74, 6) is 0. The molecule has 0 aromatic heterocycles. The Morgan fingerprint density at radius 3 is 1.88 bits per heavy atom. The largest absolute Gasteiger partial charge is 2.00 e. The Labute approximate surface area is 65.6 Å². The van der Waals surface area contributed by atoms with E-state index in [-0.39, 0.29) is 22.3 Å². The van der Waals surface area contributed by atoms with Crippen LogP contribution >= 0.6 is 0 Å². The molecule has 0 radical (unpaired) electrons. The van der Waals surface area contributed by atoms with E-state index < -0.39 is 0 Å². The fourth-order valence-electron chi connectivity index (χ4n) is 0.534. The number of rotatable bonds is 0. The van der Waals surface area contributed by atoms with Crippen molar-refractivity contribution in [2.75, 3.05) is 0 Å². The van der Waals surface area contributed by atoms with Crippen molar-refractivity contribution in [2.45, 2.75) is 6.92 Å². The molecule has 8 heavy (non-hydrogen) atoms. The maximum Gasteiger partial charge on any atom is 2.00 e. The summed E-state index contributed by atoms with van der Waals surface area (Å²) in [6, 6.07) is 10.3. The van der Waals surface area contributed by atoms with Crippen LogP contribution in [0.4, 0.5) is 0 Å². The van der Waals surface area contributed by atoms with E-state index >= 15 is 0 Å². The molecule has 0 nitrogen and oxygen atoms in total. The van der Waals surface area contributed by atoms with Crippen molar-refractivity contribution >= 4 is 0 Å². The molecule has 0 spiro atoms. The van der Waals surface area contributed by atoms with Gasteiger partial charge >= 0.3 is 19.5 Å². The van der Waals surface area contributed by atoms with Gasteiger partial charge in [0.1, 0.15) is 0 Å². The molecule has 0 saturated heterocycles. The van der Waals surface area contributed by atoms with Crippen molar-refractivity contribution in [3.05, 3.63) is 35.9 Å². The van der Waals surface area contributed by atoms with Crippen LogP contribution in [0.15, 0.2) is 30.3 Å². The molecule has 0 aliphatic heterocycles. The van der Waals surface area contributed by atoms with E-state index in [4.69, 9.17) is 0 Å². The minimum absolute atomic E-state index is 0. The Morgan fingerprint density at radius 1 is 1.12 bits per heavy atom. The third-order valence-electron chi connectivity index (χ3n) is 0.940. The van der Waals surface area contributed by atoms with Crippen LogP contribution in [0, 0.1) is 6.92 Å². The second-order valence-electron chi connectivity index (χ2n) is 1.65. The first-order chi connectivity index (χ1) is 3.39. The van der Waals surface area contributed by atoms with E-state index in [0.29, 0.717) is 0 Å². The summed E-state index contributed by atoms with van der Waals surface area (Å²) in [5, 5.41) is 0.